The first-order valence-electron chi connectivity index (χ1n) is 4.95. The van der Waals surface area contributed by atoms with E-state index in [0.717, 1.165) is 0 Å². The maximum absolute atomic E-state index is 11.8. The molecule has 0 radical (unpaired) electrons. The number of nitrogens with zero attached hydrogens (tertiary/aromatic N) is 2. The van der Waals surface area contributed by atoms with Gasteiger partial charge in [0, 0.05) is 26.0 Å². The van der Waals surface area contributed by atoms with Crippen LogP contribution in [-0.2, 0) is 0 Å². The number of aliphatic hydroxyl groups excluding tert-OH is 1. The third-order valence-electron chi connectivity index (χ3n) is 2.14. The van der Waals surface area contributed by atoms with Crippen molar-refractivity contribution >= 4 is 5.91 Å². The van der Waals surface area contributed by atoms with Crippen molar-refractivity contribution < 1.29 is 9.90 Å². The number of aromatic nitrogens is 1. The van der Waals surface area contributed by atoms with Gasteiger partial charge in [0.05, 0.1) is 11.7 Å². The average molecular weight is 208 g/mol. The van der Waals surface area contributed by atoms with E-state index in [2.05, 4.69) is 4.98 Å². The van der Waals surface area contributed by atoms with Gasteiger partial charge in [-0.3, -0.25) is 9.78 Å². The Morgan fingerprint density at radius 1 is 1.67 bits per heavy atom. The Labute approximate surface area is 89.6 Å². The summed E-state index contributed by atoms with van der Waals surface area (Å²) in [5.74, 6) is -0.0660. The number of hydrogen-bond donors (Lipinski definition) is 1. The zero-order chi connectivity index (χ0) is 11.3. The maximum atomic E-state index is 11.8. The summed E-state index contributed by atoms with van der Waals surface area (Å²) in [5, 5.41) is 9.10. The zero-order valence-corrected chi connectivity index (χ0v) is 9.05. The van der Waals surface area contributed by atoms with Gasteiger partial charge in [0.15, 0.2) is 0 Å². The average Bonchev–Trinajstić information content (AvgIpc) is 2.26. The molecule has 1 aromatic rings. The van der Waals surface area contributed by atoms with Gasteiger partial charge in [0.2, 0.25) is 0 Å². The van der Waals surface area contributed by atoms with Crippen LogP contribution in [0.25, 0.3) is 0 Å². The van der Waals surface area contributed by atoms with E-state index < -0.39 is 0 Å². The Bertz CT molecular complexity index is 312. The summed E-state index contributed by atoms with van der Waals surface area (Å²) in [6.45, 7) is 2.26. The van der Waals surface area contributed by atoms with Crippen LogP contribution in [0.2, 0.25) is 0 Å². The summed E-state index contributed by atoms with van der Waals surface area (Å²) in [6.07, 6.45) is 3.38. The van der Waals surface area contributed by atoms with Crippen LogP contribution in [-0.4, -0.2) is 40.6 Å². The van der Waals surface area contributed by atoms with Gasteiger partial charge in [0.25, 0.3) is 5.91 Å². The molecule has 0 fully saturated rings. The molecule has 4 heteroatoms. The van der Waals surface area contributed by atoms with Gasteiger partial charge in [-0.25, -0.2) is 0 Å². The molecule has 0 aliphatic carbocycles. The van der Waals surface area contributed by atoms with Gasteiger partial charge < -0.3 is 10.0 Å². The number of hydrogen-bond acceptors (Lipinski definition) is 3. The number of rotatable bonds is 4. The second-order valence-corrected chi connectivity index (χ2v) is 3.61. The van der Waals surface area contributed by atoms with Crippen LogP contribution in [0.5, 0.6) is 0 Å². The van der Waals surface area contributed by atoms with E-state index in [4.69, 9.17) is 5.11 Å². The molecule has 82 valence electrons. The Balaban J connectivity index is 2.54. The SMILES string of the molecule is CC(O)CCN(C)C(=O)c1cccnc1. The molecule has 0 saturated heterocycles. The molecule has 0 aliphatic heterocycles. The van der Waals surface area contributed by atoms with Crippen LogP contribution in [0, 0.1) is 0 Å². The third kappa shape index (κ3) is 3.67. The van der Waals surface area contributed by atoms with Crippen LogP contribution in [0.3, 0.4) is 0 Å². The summed E-state index contributed by atoms with van der Waals surface area (Å²) in [4.78, 5) is 17.2. The van der Waals surface area contributed by atoms with Crippen LogP contribution in [0.1, 0.15) is 23.7 Å². The third-order valence-corrected chi connectivity index (χ3v) is 2.14. The molecule has 1 rings (SSSR count). The van der Waals surface area contributed by atoms with Crippen molar-refractivity contribution in [1.29, 1.82) is 0 Å². The molecule has 1 atom stereocenters. The molecule has 0 bridgehead atoms. The van der Waals surface area contributed by atoms with Crippen molar-refractivity contribution in [2.75, 3.05) is 13.6 Å². The molecule has 1 aromatic heterocycles. The molecule has 1 amide bonds. The highest BCUT2D eigenvalue weighted by atomic mass is 16.3. The summed E-state index contributed by atoms with van der Waals surface area (Å²) in [6, 6.07) is 3.46. The van der Waals surface area contributed by atoms with Gasteiger partial charge in [-0.15, -0.1) is 0 Å². The lowest BCUT2D eigenvalue weighted by Gasteiger charge is -2.17. The highest BCUT2D eigenvalue weighted by Gasteiger charge is 2.11. The predicted molar refractivity (Wildman–Crippen MR) is 57.5 cm³/mol. The van der Waals surface area contributed by atoms with Crippen LogP contribution in [0.4, 0.5) is 0 Å². The summed E-state index contributed by atoms with van der Waals surface area (Å²) in [5.41, 5.74) is 0.575. The monoisotopic (exact) mass is 208 g/mol. The maximum Gasteiger partial charge on any atom is 0.255 e. The summed E-state index contributed by atoms with van der Waals surface area (Å²) < 4.78 is 0. The number of pyridine rings is 1. The molecule has 0 aliphatic rings. The van der Waals surface area contributed by atoms with Crippen LogP contribution < -0.4 is 0 Å². The fourth-order valence-electron chi connectivity index (χ4n) is 1.19. The highest BCUT2D eigenvalue weighted by molar-refractivity contribution is 5.93. The lowest BCUT2D eigenvalue weighted by molar-refractivity contribution is 0.0768. The molecule has 0 spiro atoms. The highest BCUT2D eigenvalue weighted by Crippen LogP contribution is 2.02. The van der Waals surface area contributed by atoms with Gasteiger partial charge in [-0.1, -0.05) is 0 Å². The summed E-state index contributed by atoms with van der Waals surface area (Å²) in [7, 11) is 1.72. The van der Waals surface area contributed by atoms with Crippen molar-refractivity contribution in [3.8, 4) is 0 Å². The minimum atomic E-state index is -0.380. The van der Waals surface area contributed by atoms with E-state index in [1.54, 1.807) is 43.4 Å². The fourth-order valence-corrected chi connectivity index (χ4v) is 1.19. The van der Waals surface area contributed by atoms with Crippen LogP contribution in [0.15, 0.2) is 24.5 Å². The lowest BCUT2D eigenvalue weighted by Crippen LogP contribution is -2.29. The molecular weight excluding hydrogens is 192 g/mol. The van der Waals surface area contributed by atoms with Crippen molar-refractivity contribution in [3.63, 3.8) is 0 Å². The zero-order valence-electron chi connectivity index (χ0n) is 9.05. The number of aliphatic hydroxyl groups is 1. The van der Waals surface area contributed by atoms with Crippen molar-refractivity contribution in [2.45, 2.75) is 19.4 Å². The van der Waals surface area contributed by atoms with Crippen molar-refractivity contribution in [3.05, 3.63) is 30.1 Å². The van der Waals surface area contributed by atoms with E-state index in [9.17, 15) is 4.79 Å². The Kier molecular flexibility index (Phi) is 4.24. The Morgan fingerprint density at radius 2 is 2.40 bits per heavy atom. The second kappa shape index (κ2) is 5.46. The van der Waals surface area contributed by atoms with E-state index >= 15 is 0 Å². The van der Waals surface area contributed by atoms with Crippen LogP contribution >= 0.6 is 0 Å². The predicted octanol–water partition coefficient (Wildman–Crippen LogP) is 0.925. The van der Waals surface area contributed by atoms with E-state index in [0.29, 0.717) is 18.5 Å². The van der Waals surface area contributed by atoms with Crippen molar-refractivity contribution in [2.24, 2.45) is 0 Å². The first-order valence-corrected chi connectivity index (χ1v) is 4.95. The minimum Gasteiger partial charge on any atom is -0.393 e. The van der Waals surface area contributed by atoms with Gasteiger partial charge >= 0.3 is 0 Å². The van der Waals surface area contributed by atoms with Gasteiger partial charge in [-0.2, -0.15) is 0 Å². The Morgan fingerprint density at radius 3 is 2.93 bits per heavy atom. The van der Waals surface area contributed by atoms with E-state index in [1.165, 1.54) is 0 Å². The molecule has 0 saturated carbocycles. The van der Waals surface area contributed by atoms with Gasteiger partial charge in [-0.05, 0) is 25.5 Å². The smallest absolute Gasteiger partial charge is 0.255 e. The Hall–Kier alpha value is -1.42. The molecule has 0 aromatic carbocycles. The minimum absolute atomic E-state index is 0.0660. The molecule has 1 heterocycles. The fraction of sp³-hybridized carbons (Fsp3) is 0.455. The standard InChI is InChI=1S/C11H16N2O2/c1-9(14)5-7-13(2)11(15)10-4-3-6-12-8-10/h3-4,6,8-9,14H,5,7H2,1-2H3. The lowest BCUT2D eigenvalue weighted by atomic mass is 10.2. The first-order chi connectivity index (χ1) is 7.11. The number of carbonyl (C=O) groups excluding carboxylic acids is 1. The topological polar surface area (TPSA) is 53.4 Å². The quantitative estimate of drug-likeness (QED) is 0.800. The molecule has 4 nitrogen and oxygen atoms in total. The second-order valence-electron chi connectivity index (χ2n) is 3.61. The number of carbonyl (C=O) groups is 1. The molecule has 15 heavy (non-hydrogen) atoms. The van der Waals surface area contributed by atoms with Gasteiger partial charge in [0.1, 0.15) is 0 Å². The van der Waals surface area contributed by atoms with E-state index in [1.807, 2.05) is 0 Å². The van der Waals surface area contributed by atoms with Crippen molar-refractivity contribution in [1.82, 2.24) is 9.88 Å². The largest absolute Gasteiger partial charge is 0.393 e. The summed E-state index contributed by atoms with van der Waals surface area (Å²) >= 11 is 0. The molecular formula is C11H16N2O2. The van der Waals surface area contributed by atoms with E-state index in [-0.39, 0.29) is 12.0 Å². The number of amides is 1. The molecule has 1 unspecified atom stereocenters. The molecule has 1 N–H and O–H groups in total. The normalized spacial score (nSPS) is 12.2. The first kappa shape index (κ1) is 11.7.